The van der Waals surface area contributed by atoms with Gasteiger partial charge < -0.3 is 4.74 Å². The summed E-state index contributed by atoms with van der Waals surface area (Å²) in [4.78, 5) is 12.0. The average Bonchev–Trinajstić information content (AvgIpc) is 2.88. The van der Waals surface area contributed by atoms with E-state index < -0.39 is 5.82 Å². The minimum Gasteiger partial charge on any atom is -0.462 e. The fraction of sp³-hybridized carbons (Fsp3) is 0.143. The highest BCUT2D eigenvalue weighted by Gasteiger charge is 2.12. The van der Waals surface area contributed by atoms with Crippen molar-refractivity contribution < 1.29 is 13.9 Å². The number of thiophene rings is 1. The number of hydrogen-bond acceptors (Lipinski definition) is 4. The Hall–Kier alpha value is -2.19. The van der Waals surface area contributed by atoms with Crippen molar-refractivity contribution in [2.75, 3.05) is 6.61 Å². The second-order valence-electron chi connectivity index (χ2n) is 3.73. The fourth-order valence-electron chi connectivity index (χ4n) is 1.58. The lowest BCUT2D eigenvalue weighted by molar-refractivity contribution is 0.0532. The van der Waals surface area contributed by atoms with Gasteiger partial charge in [0.2, 0.25) is 0 Å². The van der Waals surface area contributed by atoms with E-state index in [1.807, 2.05) is 0 Å². The number of ether oxygens (including phenoxy) is 1. The first-order valence-corrected chi connectivity index (χ1v) is 6.49. The topological polar surface area (TPSA) is 50.1 Å². The highest BCUT2D eigenvalue weighted by molar-refractivity contribution is 7.12. The Morgan fingerprint density at radius 2 is 2.21 bits per heavy atom. The van der Waals surface area contributed by atoms with E-state index in [4.69, 9.17) is 10.00 Å². The molecule has 0 saturated heterocycles. The van der Waals surface area contributed by atoms with Gasteiger partial charge in [0.15, 0.2) is 0 Å². The van der Waals surface area contributed by atoms with E-state index in [9.17, 15) is 9.18 Å². The molecular formula is C14H10FNO2S. The first-order chi connectivity index (χ1) is 9.15. The predicted octanol–water partition coefficient (Wildman–Crippen LogP) is 3.60. The molecule has 0 fully saturated rings. The lowest BCUT2D eigenvalue weighted by Gasteiger charge is -1.99. The van der Waals surface area contributed by atoms with E-state index >= 15 is 0 Å². The fourth-order valence-corrected chi connectivity index (χ4v) is 2.39. The first-order valence-electron chi connectivity index (χ1n) is 5.61. The van der Waals surface area contributed by atoms with Crippen molar-refractivity contribution in [3.63, 3.8) is 0 Å². The maximum atomic E-state index is 13.5. The molecule has 3 nitrogen and oxygen atoms in total. The van der Waals surface area contributed by atoms with Crippen LogP contribution in [0.1, 0.15) is 22.2 Å². The van der Waals surface area contributed by atoms with Gasteiger partial charge in [0.05, 0.1) is 12.2 Å². The van der Waals surface area contributed by atoms with Crippen molar-refractivity contribution >= 4 is 17.3 Å². The van der Waals surface area contributed by atoms with Crippen molar-refractivity contribution in [3.05, 3.63) is 45.9 Å². The van der Waals surface area contributed by atoms with E-state index in [1.165, 1.54) is 23.5 Å². The van der Waals surface area contributed by atoms with Gasteiger partial charge in [-0.15, -0.1) is 11.3 Å². The maximum absolute atomic E-state index is 13.5. The van der Waals surface area contributed by atoms with Crippen LogP contribution < -0.4 is 0 Å². The smallest absolute Gasteiger partial charge is 0.348 e. The van der Waals surface area contributed by atoms with Crippen LogP contribution in [0.15, 0.2) is 29.6 Å². The van der Waals surface area contributed by atoms with Gasteiger partial charge in [0, 0.05) is 0 Å². The Morgan fingerprint density at radius 3 is 2.84 bits per heavy atom. The lowest BCUT2D eigenvalue weighted by atomic mass is 10.1. The molecule has 2 rings (SSSR count). The molecule has 1 aromatic heterocycles. The number of halogens is 1. The molecule has 1 aromatic carbocycles. The Bertz CT molecular complexity index is 658. The van der Waals surface area contributed by atoms with Crippen LogP contribution in [0.4, 0.5) is 4.39 Å². The third-order valence-electron chi connectivity index (χ3n) is 2.50. The molecule has 0 unspecified atom stereocenters. The van der Waals surface area contributed by atoms with Gasteiger partial charge in [-0.25, -0.2) is 9.18 Å². The van der Waals surface area contributed by atoms with Crippen molar-refractivity contribution in [1.29, 1.82) is 5.26 Å². The SMILES string of the molecule is CCOC(=O)c1cc(-c2ccc(C#N)c(F)c2)cs1. The average molecular weight is 275 g/mol. The van der Waals surface area contributed by atoms with Gasteiger partial charge in [-0.2, -0.15) is 5.26 Å². The third kappa shape index (κ3) is 2.80. The van der Waals surface area contributed by atoms with Crippen LogP contribution in [0.3, 0.4) is 0 Å². The summed E-state index contributed by atoms with van der Waals surface area (Å²) in [5.41, 5.74) is 1.37. The summed E-state index contributed by atoms with van der Waals surface area (Å²) in [5.74, 6) is -0.947. The molecule has 1 heterocycles. The molecular weight excluding hydrogens is 265 g/mol. The number of carbonyl (C=O) groups excluding carboxylic acids is 1. The number of carbonyl (C=O) groups is 1. The highest BCUT2D eigenvalue weighted by atomic mass is 32.1. The van der Waals surface area contributed by atoms with Crippen LogP contribution in [0.2, 0.25) is 0 Å². The third-order valence-corrected chi connectivity index (χ3v) is 3.41. The van der Waals surface area contributed by atoms with Gasteiger partial charge in [-0.05, 0) is 41.6 Å². The van der Waals surface area contributed by atoms with E-state index in [1.54, 1.807) is 30.5 Å². The summed E-state index contributed by atoms with van der Waals surface area (Å²) in [7, 11) is 0. The molecule has 0 aliphatic rings. The van der Waals surface area contributed by atoms with Crippen molar-refractivity contribution in [2.24, 2.45) is 0 Å². The summed E-state index contributed by atoms with van der Waals surface area (Å²) in [6, 6.07) is 7.79. The quantitative estimate of drug-likeness (QED) is 0.804. The second kappa shape index (κ2) is 5.63. The molecule has 0 aliphatic carbocycles. The molecule has 96 valence electrons. The lowest BCUT2D eigenvalue weighted by Crippen LogP contribution is -2.01. The molecule has 0 N–H and O–H groups in total. The summed E-state index contributed by atoms with van der Waals surface area (Å²) in [6.45, 7) is 2.06. The number of nitriles is 1. The van der Waals surface area contributed by atoms with Gasteiger partial charge in [0.1, 0.15) is 16.8 Å². The molecule has 0 aliphatic heterocycles. The van der Waals surface area contributed by atoms with E-state index in [2.05, 4.69) is 0 Å². The number of nitrogens with zero attached hydrogens (tertiary/aromatic N) is 1. The van der Waals surface area contributed by atoms with Crippen molar-refractivity contribution in [2.45, 2.75) is 6.92 Å². The number of rotatable bonds is 3. The van der Waals surface area contributed by atoms with E-state index in [0.717, 1.165) is 5.56 Å². The normalized spacial score (nSPS) is 9.95. The van der Waals surface area contributed by atoms with Crippen LogP contribution in [-0.4, -0.2) is 12.6 Å². The van der Waals surface area contributed by atoms with Gasteiger partial charge >= 0.3 is 5.97 Å². The van der Waals surface area contributed by atoms with E-state index in [-0.39, 0.29) is 11.5 Å². The van der Waals surface area contributed by atoms with E-state index in [0.29, 0.717) is 17.0 Å². The molecule has 0 atom stereocenters. The number of hydrogen-bond donors (Lipinski definition) is 0. The first kappa shape index (κ1) is 13.2. The summed E-state index contributed by atoms with van der Waals surface area (Å²) >= 11 is 1.25. The van der Waals surface area contributed by atoms with Crippen LogP contribution in [-0.2, 0) is 4.74 Å². The van der Waals surface area contributed by atoms with Gasteiger partial charge in [-0.1, -0.05) is 6.07 Å². The molecule has 0 spiro atoms. The molecule has 0 bridgehead atoms. The Labute approximate surface area is 113 Å². The summed E-state index contributed by atoms with van der Waals surface area (Å²) in [5, 5.41) is 10.4. The monoisotopic (exact) mass is 275 g/mol. The maximum Gasteiger partial charge on any atom is 0.348 e. The Morgan fingerprint density at radius 1 is 1.42 bits per heavy atom. The minimum absolute atomic E-state index is 0.00426. The minimum atomic E-state index is -0.566. The van der Waals surface area contributed by atoms with Crippen LogP contribution in [0, 0.1) is 17.1 Å². The molecule has 2 aromatic rings. The second-order valence-corrected chi connectivity index (χ2v) is 4.64. The largest absolute Gasteiger partial charge is 0.462 e. The zero-order chi connectivity index (χ0) is 13.8. The van der Waals surface area contributed by atoms with Crippen molar-refractivity contribution in [1.82, 2.24) is 0 Å². The Kier molecular flexibility index (Phi) is 3.93. The summed E-state index contributed by atoms with van der Waals surface area (Å²) in [6.07, 6.45) is 0. The standard InChI is InChI=1S/C14H10FNO2S/c1-2-18-14(17)13-6-11(8-19-13)9-3-4-10(7-16)12(15)5-9/h3-6,8H,2H2,1H3. The van der Waals surface area contributed by atoms with Crippen LogP contribution in [0.25, 0.3) is 11.1 Å². The van der Waals surface area contributed by atoms with Gasteiger partial charge in [-0.3, -0.25) is 0 Å². The van der Waals surface area contributed by atoms with Crippen LogP contribution >= 0.6 is 11.3 Å². The van der Waals surface area contributed by atoms with Gasteiger partial charge in [0.25, 0.3) is 0 Å². The molecule has 0 saturated carbocycles. The molecule has 0 amide bonds. The molecule has 0 radical (unpaired) electrons. The zero-order valence-corrected chi connectivity index (χ0v) is 11.0. The number of benzene rings is 1. The van der Waals surface area contributed by atoms with Crippen molar-refractivity contribution in [3.8, 4) is 17.2 Å². The molecule has 5 heteroatoms. The number of esters is 1. The predicted molar refractivity (Wildman–Crippen MR) is 70.4 cm³/mol. The Balaban J connectivity index is 2.31. The van der Waals surface area contributed by atoms with Crippen LogP contribution in [0.5, 0.6) is 0 Å². The zero-order valence-electron chi connectivity index (χ0n) is 10.1. The summed E-state index contributed by atoms with van der Waals surface area (Å²) < 4.78 is 18.4. The highest BCUT2D eigenvalue weighted by Crippen LogP contribution is 2.27. The molecule has 19 heavy (non-hydrogen) atoms.